The van der Waals surface area contributed by atoms with E-state index in [0.29, 0.717) is 0 Å². The molecule has 0 saturated heterocycles. The summed E-state index contributed by atoms with van der Waals surface area (Å²) >= 11 is 0. The molecular weight excluding hydrogens is 352 g/mol. The van der Waals surface area contributed by atoms with Gasteiger partial charge in [0.2, 0.25) is 6.10 Å². The Hall–Kier alpha value is -0.636. The molecule has 0 bridgehead atoms. The van der Waals surface area contributed by atoms with Crippen LogP contribution in [0.3, 0.4) is 0 Å². The van der Waals surface area contributed by atoms with Crippen LogP contribution in [0.1, 0.15) is 41.5 Å². The zero-order chi connectivity index (χ0) is 19.8. The number of carboxylic acids is 1. The second-order valence-electron chi connectivity index (χ2n) is 9.91. The minimum atomic E-state index is -2.18. The topological polar surface area (TPSA) is 65.0 Å². The van der Waals surface area contributed by atoms with Crippen LogP contribution in [0.4, 0.5) is 0 Å². The first kappa shape index (κ1) is 22.4. The minimum Gasteiger partial charge on any atom is -0.484 e. The van der Waals surface area contributed by atoms with E-state index in [1.54, 1.807) is 6.08 Å². The van der Waals surface area contributed by atoms with E-state index >= 15 is 0 Å². The predicted molar refractivity (Wildman–Crippen MR) is 106 cm³/mol. The molecule has 3 atom stereocenters. The molecule has 0 amide bonds. The molecular formula is C18H36O5Si2. The number of rotatable bonds is 5. The fourth-order valence-electron chi connectivity index (χ4n) is 2.03. The van der Waals surface area contributed by atoms with Crippen molar-refractivity contribution >= 4 is 22.6 Å². The summed E-state index contributed by atoms with van der Waals surface area (Å²) in [6.07, 6.45) is 1.15. The normalized spacial score (nSPS) is 25.6. The number of carbonyl (C=O) groups is 1. The van der Waals surface area contributed by atoms with Gasteiger partial charge in [0.25, 0.3) is 0 Å². The van der Waals surface area contributed by atoms with Crippen LogP contribution in [0.25, 0.3) is 0 Å². The largest absolute Gasteiger partial charge is 0.484 e. The van der Waals surface area contributed by atoms with Crippen molar-refractivity contribution in [2.75, 3.05) is 0 Å². The molecule has 5 nitrogen and oxygen atoms in total. The van der Waals surface area contributed by atoms with Crippen molar-refractivity contribution in [2.45, 2.75) is 96.1 Å². The monoisotopic (exact) mass is 388 g/mol. The van der Waals surface area contributed by atoms with Gasteiger partial charge in [-0.15, -0.1) is 0 Å². The maximum Gasteiger partial charge on any atom is 0.347 e. The molecule has 1 aliphatic rings. The van der Waals surface area contributed by atoms with E-state index < -0.39 is 40.9 Å². The molecule has 1 aliphatic heterocycles. The third-order valence-electron chi connectivity index (χ3n) is 5.83. The fourth-order valence-corrected chi connectivity index (χ4v) is 4.57. The molecule has 146 valence electrons. The van der Waals surface area contributed by atoms with Gasteiger partial charge in [-0.05, 0) is 42.3 Å². The van der Waals surface area contributed by atoms with Gasteiger partial charge in [-0.25, -0.2) is 4.79 Å². The van der Waals surface area contributed by atoms with Gasteiger partial charge in [-0.3, -0.25) is 0 Å². The van der Waals surface area contributed by atoms with Crippen LogP contribution in [-0.2, 0) is 18.4 Å². The highest BCUT2D eigenvalue weighted by molar-refractivity contribution is 6.74. The summed E-state index contributed by atoms with van der Waals surface area (Å²) in [5, 5.41) is 9.61. The zero-order valence-electron chi connectivity index (χ0n) is 17.5. The number of ether oxygens (including phenoxy) is 1. The molecule has 0 radical (unpaired) electrons. The zero-order valence-corrected chi connectivity index (χ0v) is 19.5. The maximum absolute atomic E-state index is 11.7. The summed E-state index contributed by atoms with van der Waals surface area (Å²) in [6.45, 7) is 21.5. The summed E-state index contributed by atoms with van der Waals surface area (Å²) in [7, 11) is -4.27. The Morgan fingerprint density at radius 3 is 1.80 bits per heavy atom. The Balaban J connectivity index is 3.19. The summed E-state index contributed by atoms with van der Waals surface area (Å²) in [5.41, 5.74) is 0. The summed E-state index contributed by atoms with van der Waals surface area (Å²) < 4.78 is 18.4. The van der Waals surface area contributed by atoms with Crippen molar-refractivity contribution in [3.8, 4) is 0 Å². The van der Waals surface area contributed by atoms with Crippen LogP contribution < -0.4 is 0 Å². The molecule has 0 aromatic heterocycles. The lowest BCUT2D eigenvalue weighted by atomic mass is 10.1. The van der Waals surface area contributed by atoms with E-state index in [0.717, 1.165) is 0 Å². The van der Waals surface area contributed by atoms with Gasteiger partial charge in [0.15, 0.2) is 16.6 Å². The van der Waals surface area contributed by atoms with Gasteiger partial charge in [-0.1, -0.05) is 41.5 Å². The first-order valence-electron chi connectivity index (χ1n) is 8.90. The van der Waals surface area contributed by atoms with Crippen LogP contribution in [0.5, 0.6) is 0 Å². The number of aliphatic carboxylic acids is 1. The number of carboxylic acid groups (broad SMARTS) is 1. The van der Waals surface area contributed by atoms with Crippen molar-refractivity contribution < 1.29 is 23.5 Å². The highest BCUT2D eigenvalue weighted by Crippen LogP contribution is 2.41. The summed E-state index contributed by atoms with van der Waals surface area (Å²) in [4.78, 5) is 11.7. The first-order valence-corrected chi connectivity index (χ1v) is 14.7. The second kappa shape index (κ2) is 7.17. The van der Waals surface area contributed by atoms with Crippen molar-refractivity contribution in [1.82, 2.24) is 0 Å². The molecule has 0 unspecified atom stereocenters. The van der Waals surface area contributed by atoms with Gasteiger partial charge < -0.3 is 18.7 Å². The molecule has 1 N–H and O–H groups in total. The molecule has 0 aromatic carbocycles. The van der Waals surface area contributed by atoms with E-state index in [-0.39, 0.29) is 10.1 Å². The molecule has 0 aromatic rings. The smallest absolute Gasteiger partial charge is 0.347 e. The van der Waals surface area contributed by atoms with Crippen LogP contribution in [0, 0.1) is 0 Å². The van der Waals surface area contributed by atoms with Gasteiger partial charge in [0, 0.05) is 0 Å². The Morgan fingerprint density at radius 1 is 0.960 bits per heavy atom. The van der Waals surface area contributed by atoms with Gasteiger partial charge in [-0.2, -0.15) is 0 Å². The van der Waals surface area contributed by atoms with Gasteiger partial charge in [0.05, 0.1) is 12.4 Å². The highest BCUT2D eigenvalue weighted by atomic mass is 28.4. The average molecular weight is 389 g/mol. The molecule has 0 saturated carbocycles. The lowest BCUT2D eigenvalue weighted by molar-refractivity contribution is -0.157. The third kappa shape index (κ3) is 5.18. The van der Waals surface area contributed by atoms with E-state index in [1.165, 1.54) is 6.26 Å². The second-order valence-corrected chi connectivity index (χ2v) is 19.4. The average Bonchev–Trinajstić information content (AvgIpc) is 2.37. The van der Waals surface area contributed by atoms with Crippen LogP contribution in [0.2, 0.25) is 36.3 Å². The van der Waals surface area contributed by atoms with Crippen LogP contribution in [-0.4, -0.2) is 46.0 Å². The highest BCUT2D eigenvalue weighted by Gasteiger charge is 2.49. The van der Waals surface area contributed by atoms with E-state index in [1.807, 2.05) is 0 Å². The molecule has 0 aliphatic carbocycles. The lowest BCUT2D eigenvalue weighted by Crippen LogP contribution is -2.57. The molecule has 25 heavy (non-hydrogen) atoms. The van der Waals surface area contributed by atoms with Crippen LogP contribution in [0.15, 0.2) is 12.3 Å². The molecule has 1 rings (SSSR count). The number of hydrogen-bond acceptors (Lipinski definition) is 4. The molecule has 0 spiro atoms. The Labute approximate surface area is 155 Å². The van der Waals surface area contributed by atoms with Crippen molar-refractivity contribution in [3.05, 3.63) is 12.3 Å². The Bertz CT molecular complexity index is 515. The Kier molecular flexibility index (Phi) is 6.43. The SMILES string of the molecule is CC(C)(C)[Si](C)(C)O[C@@H]1[C@@H](C(=O)O)OC=C[C@H]1O[Si](C)(C)C(C)(C)C. The third-order valence-corrected chi connectivity index (χ3v) is 14.8. The number of hydrogen-bond donors (Lipinski definition) is 1. The molecule has 1 heterocycles. The van der Waals surface area contributed by atoms with Crippen molar-refractivity contribution in [3.63, 3.8) is 0 Å². The minimum absolute atomic E-state index is 0.0272. The van der Waals surface area contributed by atoms with E-state index in [4.69, 9.17) is 13.6 Å². The molecule has 7 heteroatoms. The lowest BCUT2D eigenvalue weighted by Gasteiger charge is -2.46. The molecule has 0 fully saturated rings. The summed E-state index contributed by atoms with van der Waals surface area (Å²) in [5.74, 6) is -1.02. The Morgan fingerprint density at radius 2 is 1.40 bits per heavy atom. The van der Waals surface area contributed by atoms with Crippen molar-refractivity contribution in [2.24, 2.45) is 0 Å². The predicted octanol–water partition coefficient (Wildman–Crippen LogP) is 4.76. The first-order chi connectivity index (χ1) is 11.0. The standard InChI is InChI=1S/C18H36O5Si2/c1-17(2,3)24(7,8)22-13-11-12-21-15(16(19)20)14(13)23-25(9,10)18(4,5)6/h11-15H,1-10H3,(H,19,20)/t13-,14+,15+/m1/s1. The van der Waals surface area contributed by atoms with E-state index in [2.05, 4.69) is 67.7 Å². The maximum atomic E-state index is 11.7. The fraction of sp³-hybridized carbons (Fsp3) is 0.833. The van der Waals surface area contributed by atoms with Crippen molar-refractivity contribution in [1.29, 1.82) is 0 Å². The van der Waals surface area contributed by atoms with Crippen LogP contribution >= 0.6 is 0 Å². The van der Waals surface area contributed by atoms with Gasteiger partial charge in [0.1, 0.15) is 6.10 Å². The quantitative estimate of drug-likeness (QED) is 0.688. The van der Waals surface area contributed by atoms with Gasteiger partial charge >= 0.3 is 5.97 Å². The summed E-state index contributed by atoms with van der Waals surface area (Å²) in [6, 6.07) is 0. The van der Waals surface area contributed by atoms with E-state index in [9.17, 15) is 9.90 Å².